The fourth-order valence-electron chi connectivity index (χ4n) is 2.85. The Bertz CT molecular complexity index is 527. The number of rotatable bonds is 3. The van der Waals surface area contributed by atoms with E-state index in [0.29, 0.717) is 5.56 Å². The third-order valence-electron chi connectivity index (χ3n) is 3.95. The van der Waals surface area contributed by atoms with Crippen LogP contribution in [0.5, 0.6) is 0 Å². The van der Waals surface area contributed by atoms with Crippen LogP contribution in [0.1, 0.15) is 57.3 Å². The summed E-state index contributed by atoms with van der Waals surface area (Å²) < 4.78 is 69.5. The zero-order valence-corrected chi connectivity index (χ0v) is 13.4. The SMILES string of the molecule is CC(C)(C)C[C@@H]1CC[C@H](c2ccc(C(F)(F)C(F)(F)F)cc2)O1. The number of halogens is 5. The molecule has 1 aromatic rings. The fourth-order valence-corrected chi connectivity index (χ4v) is 2.85. The van der Waals surface area contributed by atoms with Crippen LogP contribution in [0.3, 0.4) is 0 Å². The predicted molar refractivity (Wildman–Crippen MR) is 77.3 cm³/mol. The molecule has 0 amide bonds. The van der Waals surface area contributed by atoms with Crippen molar-refractivity contribution in [3.63, 3.8) is 0 Å². The van der Waals surface area contributed by atoms with E-state index in [1.165, 1.54) is 12.1 Å². The number of benzene rings is 1. The average molecular weight is 336 g/mol. The molecular formula is C17H21F5O. The lowest BCUT2D eigenvalue weighted by atomic mass is 9.88. The molecule has 0 aromatic heterocycles. The molecule has 1 heterocycles. The number of hydrogen-bond donors (Lipinski definition) is 0. The third kappa shape index (κ3) is 4.22. The maximum atomic E-state index is 13.3. The summed E-state index contributed by atoms with van der Waals surface area (Å²) >= 11 is 0. The molecule has 23 heavy (non-hydrogen) atoms. The van der Waals surface area contributed by atoms with Gasteiger partial charge in [0.15, 0.2) is 0 Å². The first kappa shape index (κ1) is 18.2. The summed E-state index contributed by atoms with van der Waals surface area (Å²) in [5.74, 6) is -4.84. The van der Waals surface area contributed by atoms with Crippen molar-refractivity contribution in [2.75, 3.05) is 0 Å². The zero-order valence-electron chi connectivity index (χ0n) is 13.4. The van der Waals surface area contributed by atoms with E-state index in [1.807, 2.05) is 0 Å². The highest BCUT2D eigenvalue weighted by Crippen LogP contribution is 2.44. The summed E-state index contributed by atoms with van der Waals surface area (Å²) in [6.45, 7) is 6.33. The van der Waals surface area contributed by atoms with Gasteiger partial charge in [-0.05, 0) is 30.2 Å². The normalized spacial score (nSPS) is 23.3. The molecule has 1 aromatic carbocycles. The lowest BCUT2D eigenvalue weighted by Gasteiger charge is -2.23. The molecule has 1 aliphatic rings. The largest absolute Gasteiger partial charge is 0.458 e. The Hall–Kier alpha value is -1.17. The van der Waals surface area contributed by atoms with Gasteiger partial charge in [0.25, 0.3) is 0 Å². The van der Waals surface area contributed by atoms with Crippen LogP contribution in [0, 0.1) is 5.41 Å². The van der Waals surface area contributed by atoms with E-state index in [9.17, 15) is 22.0 Å². The lowest BCUT2D eigenvalue weighted by Crippen LogP contribution is -2.33. The van der Waals surface area contributed by atoms with Crippen molar-refractivity contribution in [2.24, 2.45) is 5.41 Å². The maximum Gasteiger partial charge on any atom is 0.458 e. The van der Waals surface area contributed by atoms with Crippen molar-refractivity contribution in [1.82, 2.24) is 0 Å². The van der Waals surface area contributed by atoms with Gasteiger partial charge in [0.2, 0.25) is 0 Å². The highest BCUT2D eigenvalue weighted by molar-refractivity contribution is 5.28. The Morgan fingerprint density at radius 1 is 0.957 bits per heavy atom. The third-order valence-corrected chi connectivity index (χ3v) is 3.95. The highest BCUT2D eigenvalue weighted by Gasteiger charge is 2.58. The van der Waals surface area contributed by atoms with Gasteiger partial charge in [0.05, 0.1) is 12.2 Å². The van der Waals surface area contributed by atoms with E-state index in [-0.39, 0.29) is 17.6 Å². The Morgan fingerprint density at radius 3 is 2.00 bits per heavy atom. The van der Waals surface area contributed by atoms with E-state index in [4.69, 9.17) is 4.74 Å². The fraction of sp³-hybridized carbons (Fsp3) is 0.647. The van der Waals surface area contributed by atoms with E-state index in [1.54, 1.807) is 0 Å². The Morgan fingerprint density at radius 2 is 1.52 bits per heavy atom. The highest BCUT2D eigenvalue weighted by atomic mass is 19.4. The zero-order chi connectivity index (χ0) is 17.5. The second-order valence-corrected chi connectivity index (χ2v) is 7.28. The van der Waals surface area contributed by atoms with Gasteiger partial charge >= 0.3 is 12.1 Å². The molecule has 2 atom stereocenters. The molecule has 2 rings (SSSR count). The maximum absolute atomic E-state index is 13.3. The topological polar surface area (TPSA) is 9.23 Å². The molecule has 6 heteroatoms. The van der Waals surface area contributed by atoms with E-state index in [0.717, 1.165) is 31.4 Å². The quantitative estimate of drug-likeness (QED) is 0.615. The van der Waals surface area contributed by atoms with Gasteiger partial charge in [0.1, 0.15) is 0 Å². The Balaban J connectivity index is 2.07. The Labute approximate surface area is 132 Å². The number of hydrogen-bond acceptors (Lipinski definition) is 1. The van der Waals surface area contributed by atoms with Crippen LogP contribution in [-0.4, -0.2) is 12.3 Å². The summed E-state index contributed by atoms with van der Waals surface area (Å²) in [6, 6.07) is 4.28. The van der Waals surface area contributed by atoms with Crippen LogP contribution in [0.2, 0.25) is 0 Å². The lowest BCUT2D eigenvalue weighted by molar-refractivity contribution is -0.289. The van der Waals surface area contributed by atoms with Crippen molar-refractivity contribution in [1.29, 1.82) is 0 Å². The minimum absolute atomic E-state index is 0.0938. The molecule has 0 radical (unpaired) electrons. The summed E-state index contributed by atoms with van der Waals surface area (Å²) in [4.78, 5) is 0. The molecular weight excluding hydrogens is 315 g/mol. The first-order valence-corrected chi connectivity index (χ1v) is 7.60. The second kappa shape index (κ2) is 6.04. The van der Waals surface area contributed by atoms with Crippen molar-refractivity contribution < 1.29 is 26.7 Å². The molecule has 0 spiro atoms. The average Bonchev–Trinajstić information content (AvgIpc) is 2.83. The Kier molecular flexibility index (Phi) is 4.77. The van der Waals surface area contributed by atoms with Gasteiger partial charge in [-0.25, -0.2) is 0 Å². The standard InChI is InChI=1S/C17H21F5O/c1-15(2,3)10-13-8-9-14(23-13)11-4-6-12(7-5-11)16(18,19)17(20,21)22/h4-7,13-14H,8-10H2,1-3H3/t13-,14+/m0/s1. The van der Waals surface area contributed by atoms with Gasteiger partial charge < -0.3 is 4.74 Å². The molecule has 0 N–H and O–H groups in total. The predicted octanol–water partition coefficient (Wildman–Crippen LogP) is 6.00. The first-order chi connectivity index (χ1) is 10.4. The number of ether oxygens (including phenoxy) is 1. The van der Waals surface area contributed by atoms with Gasteiger partial charge in [-0.3, -0.25) is 0 Å². The van der Waals surface area contributed by atoms with Gasteiger partial charge in [-0.2, -0.15) is 22.0 Å². The van der Waals surface area contributed by atoms with E-state index < -0.39 is 17.7 Å². The molecule has 1 saturated heterocycles. The van der Waals surface area contributed by atoms with Crippen LogP contribution >= 0.6 is 0 Å². The summed E-state index contributed by atoms with van der Waals surface area (Å²) in [6.07, 6.45) is -3.24. The minimum atomic E-state index is -5.59. The van der Waals surface area contributed by atoms with Crippen molar-refractivity contribution >= 4 is 0 Å². The van der Waals surface area contributed by atoms with Crippen LogP contribution < -0.4 is 0 Å². The molecule has 130 valence electrons. The van der Waals surface area contributed by atoms with Gasteiger partial charge in [-0.15, -0.1) is 0 Å². The van der Waals surface area contributed by atoms with Crippen LogP contribution in [0.15, 0.2) is 24.3 Å². The van der Waals surface area contributed by atoms with Gasteiger partial charge in [0, 0.05) is 5.56 Å². The molecule has 0 aliphatic carbocycles. The van der Waals surface area contributed by atoms with Crippen molar-refractivity contribution in [3.8, 4) is 0 Å². The molecule has 1 aliphatic heterocycles. The number of alkyl halides is 5. The molecule has 1 fully saturated rings. The van der Waals surface area contributed by atoms with Crippen molar-refractivity contribution in [3.05, 3.63) is 35.4 Å². The molecule has 0 saturated carbocycles. The van der Waals surface area contributed by atoms with Crippen LogP contribution in [-0.2, 0) is 10.7 Å². The molecule has 1 nitrogen and oxygen atoms in total. The van der Waals surface area contributed by atoms with Gasteiger partial charge in [-0.1, -0.05) is 45.0 Å². The summed E-state index contributed by atoms with van der Waals surface area (Å²) in [5.41, 5.74) is -0.279. The smallest absolute Gasteiger partial charge is 0.370 e. The van der Waals surface area contributed by atoms with E-state index in [2.05, 4.69) is 20.8 Å². The summed E-state index contributed by atoms with van der Waals surface area (Å²) in [7, 11) is 0. The summed E-state index contributed by atoms with van der Waals surface area (Å²) in [5, 5.41) is 0. The van der Waals surface area contributed by atoms with Crippen molar-refractivity contribution in [2.45, 2.75) is 64.3 Å². The minimum Gasteiger partial charge on any atom is -0.370 e. The van der Waals surface area contributed by atoms with Crippen LogP contribution in [0.4, 0.5) is 22.0 Å². The molecule has 0 bridgehead atoms. The first-order valence-electron chi connectivity index (χ1n) is 7.60. The van der Waals surface area contributed by atoms with Crippen LogP contribution in [0.25, 0.3) is 0 Å². The van der Waals surface area contributed by atoms with E-state index >= 15 is 0 Å². The molecule has 0 unspecified atom stereocenters. The monoisotopic (exact) mass is 336 g/mol. The second-order valence-electron chi connectivity index (χ2n) is 7.28.